The Morgan fingerprint density at radius 2 is 1.36 bits per heavy atom. The lowest BCUT2D eigenvalue weighted by molar-refractivity contribution is -0.0440. The van der Waals surface area contributed by atoms with Crippen LogP contribution in [0.4, 0.5) is 0 Å². The first-order chi connectivity index (χ1) is 4.96. The molecule has 0 heterocycles. The molecule has 0 saturated carbocycles. The third-order valence-electron chi connectivity index (χ3n) is 3.22. The van der Waals surface area contributed by atoms with Crippen LogP contribution in [0.5, 0.6) is 0 Å². The molecule has 68 valence electrons. The van der Waals surface area contributed by atoms with Crippen molar-refractivity contribution in [1.82, 2.24) is 0 Å². The van der Waals surface area contributed by atoms with Crippen LogP contribution in [0.3, 0.4) is 0 Å². The molecule has 0 rings (SSSR count). The zero-order valence-electron chi connectivity index (χ0n) is 8.52. The van der Waals surface area contributed by atoms with Crippen molar-refractivity contribution < 1.29 is 5.11 Å². The SMILES string of the molecule is CCC(C)C(C)(O)C(C)CC. The van der Waals surface area contributed by atoms with E-state index in [2.05, 4.69) is 27.7 Å². The maximum atomic E-state index is 10.1. The molecular formula is C10H22O. The lowest BCUT2D eigenvalue weighted by Crippen LogP contribution is -2.39. The lowest BCUT2D eigenvalue weighted by atomic mass is 9.78. The molecule has 0 bridgehead atoms. The van der Waals surface area contributed by atoms with E-state index in [-0.39, 0.29) is 0 Å². The minimum atomic E-state index is -0.483. The molecule has 0 saturated heterocycles. The van der Waals surface area contributed by atoms with E-state index in [4.69, 9.17) is 0 Å². The predicted octanol–water partition coefficient (Wildman–Crippen LogP) is 2.83. The van der Waals surface area contributed by atoms with Gasteiger partial charge in [-0.2, -0.15) is 0 Å². The van der Waals surface area contributed by atoms with Crippen molar-refractivity contribution in [3.8, 4) is 0 Å². The Labute approximate surface area is 70.8 Å². The molecule has 0 aliphatic rings. The number of aliphatic hydroxyl groups is 1. The molecule has 2 atom stereocenters. The normalized spacial score (nSPS) is 22.4. The Bertz CT molecular complexity index is 95.4. The molecule has 0 spiro atoms. The highest BCUT2D eigenvalue weighted by molar-refractivity contribution is 4.82. The second kappa shape index (κ2) is 4.10. The summed E-state index contributed by atoms with van der Waals surface area (Å²) in [5.74, 6) is 0.801. The molecule has 0 radical (unpaired) electrons. The second-order valence-electron chi connectivity index (χ2n) is 3.84. The first-order valence-corrected chi connectivity index (χ1v) is 4.69. The van der Waals surface area contributed by atoms with Crippen LogP contribution in [0, 0.1) is 11.8 Å². The van der Waals surface area contributed by atoms with Gasteiger partial charge in [0, 0.05) is 0 Å². The van der Waals surface area contributed by atoms with E-state index >= 15 is 0 Å². The second-order valence-corrected chi connectivity index (χ2v) is 3.84. The fraction of sp³-hybridized carbons (Fsp3) is 1.00. The fourth-order valence-electron chi connectivity index (χ4n) is 1.31. The van der Waals surface area contributed by atoms with E-state index in [1.807, 2.05) is 6.92 Å². The maximum absolute atomic E-state index is 10.1. The van der Waals surface area contributed by atoms with Gasteiger partial charge in [0.15, 0.2) is 0 Å². The van der Waals surface area contributed by atoms with Crippen molar-refractivity contribution in [2.75, 3.05) is 0 Å². The van der Waals surface area contributed by atoms with Crippen molar-refractivity contribution in [3.63, 3.8) is 0 Å². The highest BCUT2D eigenvalue weighted by atomic mass is 16.3. The smallest absolute Gasteiger partial charge is 0.0670 e. The molecule has 0 amide bonds. The van der Waals surface area contributed by atoms with Crippen LogP contribution < -0.4 is 0 Å². The maximum Gasteiger partial charge on any atom is 0.0670 e. The highest BCUT2D eigenvalue weighted by Crippen LogP contribution is 2.29. The van der Waals surface area contributed by atoms with Crippen LogP contribution in [-0.4, -0.2) is 10.7 Å². The van der Waals surface area contributed by atoms with Gasteiger partial charge < -0.3 is 5.11 Å². The van der Waals surface area contributed by atoms with Crippen LogP contribution in [0.2, 0.25) is 0 Å². The third kappa shape index (κ3) is 2.48. The summed E-state index contributed by atoms with van der Waals surface area (Å²) in [5, 5.41) is 10.1. The van der Waals surface area contributed by atoms with E-state index in [0.29, 0.717) is 11.8 Å². The van der Waals surface area contributed by atoms with Crippen LogP contribution in [0.25, 0.3) is 0 Å². The minimum absolute atomic E-state index is 0.400. The largest absolute Gasteiger partial charge is 0.390 e. The van der Waals surface area contributed by atoms with Crippen LogP contribution in [-0.2, 0) is 0 Å². The van der Waals surface area contributed by atoms with Gasteiger partial charge in [0.05, 0.1) is 5.60 Å². The zero-order valence-corrected chi connectivity index (χ0v) is 8.52. The molecule has 0 fully saturated rings. The topological polar surface area (TPSA) is 20.2 Å². The molecule has 1 N–H and O–H groups in total. The monoisotopic (exact) mass is 158 g/mol. The van der Waals surface area contributed by atoms with Crippen molar-refractivity contribution in [3.05, 3.63) is 0 Å². The van der Waals surface area contributed by atoms with E-state index < -0.39 is 5.60 Å². The van der Waals surface area contributed by atoms with Gasteiger partial charge in [0.1, 0.15) is 0 Å². The summed E-state index contributed by atoms with van der Waals surface area (Å²) in [5.41, 5.74) is -0.483. The molecule has 0 aliphatic heterocycles. The highest BCUT2D eigenvalue weighted by Gasteiger charge is 2.31. The molecule has 0 aliphatic carbocycles. The molecule has 0 aromatic rings. The summed E-state index contributed by atoms with van der Waals surface area (Å²) in [6.45, 7) is 10.4. The standard InChI is InChI=1S/C10H22O/c1-6-8(3)10(5,11)9(4)7-2/h8-9,11H,6-7H2,1-5H3. The molecule has 2 unspecified atom stereocenters. The Hall–Kier alpha value is -0.0400. The lowest BCUT2D eigenvalue weighted by Gasteiger charge is -2.35. The molecule has 1 nitrogen and oxygen atoms in total. The Balaban J connectivity index is 4.18. The van der Waals surface area contributed by atoms with Gasteiger partial charge in [-0.25, -0.2) is 0 Å². The Morgan fingerprint density at radius 1 is 1.09 bits per heavy atom. The quantitative estimate of drug-likeness (QED) is 0.667. The fourth-order valence-corrected chi connectivity index (χ4v) is 1.31. The van der Waals surface area contributed by atoms with Crippen LogP contribution in [0.1, 0.15) is 47.5 Å². The summed E-state index contributed by atoms with van der Waals surface area (Å²) in [6, 6.07) is 0. The van der Waals surface area contributed by atoms with Crippen LogP contribution in [0.15, 0.2) is 0 Å². The Kier molecular flexibility index (Phi) is 4.09. The predicted molar refractivity (Wildman–Crippen MR) is 49.5 cm³/mol. The van der Waals surface area contributed by atoms with E-state index in [9.17, 15) is 5.11 Å². The first kappa shape index (κ1) is 11.0. The van der Waals surface area contributed by atoms with Crippen molar-refractivity contribution in [2.24, 2.45) is 11.8 Å². The average Bonchev–Trinajstić information content (AvgIpc) is 2.01. The summed E-state index contributed by atoms with van der Waals surface area (Å²) < 4.78 is 0. The van der Waals surface area contributed by atoms with Gasteiger partial charge in [0.2, 0.25) is 0 Å². The van der Waals surface area contributed by atoms with Crippen molar-refractivity contribution in [1.29, 1.82) is 0 Å². The van der Waals surface area contributed by atoms with Gasteiger partial charge in [-0.05, 0) is 18.8 Å². The zero-order chi connectivity index (χ0) is 9.07. The number of rotatable bonds is 4. The minimum Gasteiger partial charge on any atom is -0.390 e. The van der Waals surface area contributed by atoms with Gasteiger partial charge >= 0.3 is 0 Å². The summed E-state index contributed by atoms with van der Waals surface area (Å²) in [7, 11) is 0. The average molecular weight is 158 g/mol. The van der Waals surface area contributed by atoms with Gasteiger partial charge in [-0.15, -0.1) is 0 Å². The Morgan fingerprint density at radius 3 is 1.55 bits per heavy atom. The summed E-state index contributed by atoms with van der Waals surface area (Å²) in [6.07, 6.45) is 2.11. The van der Waals surface area contributed by atoms with Gasteiger partial charge in [-0.1, -0.05) is 40.5 Å². The van der Waals surface area contributed by atoms with Gasteiger partial charge in [-0.3, -0.25) is 0 Å². The van der Waals surface area contributed by atoms with Gasteiger partial charge in [0.25, 0.3) is 0 Å². The molecular weight excluding hydrogens is 136 g/mol. The number of hydrogen-bond donors (Lipinski definition) is 1. The third-order valence-corrected chi connectivity index (χ3v) is 3.22. The molecule has 1 heteroatoms. The van der Waals surface area contributed by atoms with E-state index in [0.717, 1.165) is 12.8 Å². The summed E-state index contributed by atoms with van der Waals surface area (Å²) >= 11 is 0. The molecule has 0 aromatic heterocycles. The molecule has 0 aromatic carbocycles. The van der Waals surface area contributed by atoms with Crippen molar-refractivity contribution >= 4 is 0 Å². The summed E-state index contributed by atoms with van der Waals surface area (Å²) in [4.78, 5) is 0. The van der Waals surface area contributed by atoms with E-state index in [1.165, 1.54) is 0 Å². The first-order valence-electron chi connectivity index (χ1n) is 4.69. The van der Waals surface area contributed by atoms with E-state index in [1.54, 1.807) is 0 Å². The van der Waals surface area contributed by atoms with Crippen molar-refractivity contribution in [2.45, 2.75) is 53.1 Å². The molecule has 11 heavy (non-hydrogen) atoms. The number of hydrogen-bond acceptors (Lipinski definition) is 1. The van der Waals surface area contributed by atoms with Crippen LogP contribution >= 0.6 is 0 Å².